The number of fused-ring (bicyclic) bond motifs is 4. The van der Waals surface area contributed by atoms with Crippen molar-refractivity contribution in [2.75, 3.05) is 46.4 Å². The van der Waals surface area contributed by atoms with E-state index in [4.69, 9.17) is 47.9 Å². The van der Waals surface area contributed by atoms with E-state index in [1.165, 1.54) is 0 Å². The van der Waals surface area contributed by atoms with Crippen LogP contribution in [0.1, 0.15) is 86.8 Å². The molecule has 0 aromatic heterocycles. The molecule has 14 nitrogen and oxygen atoms in total. The summed E-state index contributed by atoms with van der Waals surface area (Å²) in [6.45, 7) is 5.64. The first-order valence-electron chi connectivity index (χ1n) is 26.4. The summed E-state index contributed by atoms with van der Waals surface area (Å²) in [6, 6.07) is 34.9. The molecule has 7 atom stereocenters. The minimum absolute atomic E-state index is 0.00195. The van der Waals surface area contributed by atoms with Crippen molar-refractivity contribution in [2.24, 2.45) is 22.9 Å². The Morgan fingerprint density at radius 3 is 2.42 bits per heavy atom. The molecule has 390 valence electrons. The summed E-state index contributed by atoms with van der Waals surface area (Å²) < 4.78 is 51.4. The van der Waals surface area contributed by atoms with Crippen molar-refractivity contribution < 1.29 is 57.7 Å². The van der Waals surface area contributed by atoms with E-state index in [0.717, 1.165) is 71.6 Å². The third-order valence-electron chi connectivity index (χ3n) is 15.0. The molecule has 2 N–H and O–H groups in total. The van der Waals surface area contributed by atoms with Gasteiger partial charge in [0.25, 0.3) is 0 Å². The van der Waals surface area contributed by atoms with Gasteiger partial charge in [-0.3, -0.25) is 4.90 Å². The minimum Gasteiger partial charge on any atom is -0.459 e. The van der Waals surface area contributed by atoms with Gasteiger partial charge in [-0.25, -0.2) is 4.79 Å². The second-order valence-electron chi connectivity index (χ2n) is 19.8. The number of amides is 1. The van der Waals surface area contributed by atoms with E-state index in [0.29, 0.717) is 66.9 Å². The second kappa shape index (κ2) is 24.3. The van der Waals surface area contributed by atoms with Crippen LogP contribution in [0.4, 0.5) is 4.79 Å². The number of rotatable bonds is 23. The van der Waals surface area contributed by atoms with E-state index in [1.54, 1.807) is 11.0 Å². The molecule has 1 saturated carbocycles. The average Bonchev–Trinajstić information content (AvgIpc) is 3.92. The molecule has 0 radical (unpaired) electrons. The van der Waals surface area contributed by atoms with Crippen LogP contribution in [0.3, 0.4) is 0 Å². The summed E-state index contributed by atoms with van der Waals surface area (Å²) in [5, 5.41) is 27.5. The van der Waals surface area contributed by atoms with Gasteiger partial charge in [0.1, 0.15) is 29.9 Å². The first kappa shape index (κ1) is 51.1. The number of carbonyl (C=O) groups excluding carboxylic acids is 1. The summed E-state index contributed by atoms with van der Waals surface area (Å²) in [4.78, 5) is 23.3. The highest BCUT2D eigenvalue weighted by atomic mass is 16.8. The van der Waals surface area contributed by atoms with Crippen LogP contribution in [0.25, 0.3) is 10.8 Å². The Labute approximate surface area is 433 Å². The zero-order valence-corrected chi connectivity index (χ0v) is 42.0. The molecule has 2 fully saturated rings. The quantitative estimate of drug-likeness (QED) is 0.0363. The highest BCUT2D eigenvalue weighted by molar-refractivity contribution is 6.03. The number of aliphatic hydroxyl groups excluding tert-OH is 2. The molecule has 14 heteroatoms. The number of carbonyl (C=O) groups is 1. The van der Waals surface area contributed by atoms with Gasteiger partial charge in [-0.05, 0) is 120 Å². The fourth-order valence-corrected chi connectivity index (χ4v) is 11.6. The number of hydrogen-bond donors (Lipinski definition) is 2. The highest BCUT2D eigenvalue weighted by Gasteiger charge is 2.66. The monoisotopic (exact) mass is 1010 g/mol. The molecule has 10 rings (SSSR count). The van der Waals surface area contributed by atoms with Gasteiger partial charge in [-0.1, -0.05) is 96.9 Å². The SMILES string of the molecule is C=CCO[C@@]12Oc3ccc(Oc4ccc5ccccc5c4)cc3[C@H]3[C@H](CCCCO)[C@@H](CCCCO)C=C(C(=NOC4CCCCO4)C[C@@H]1N(Cc1ccc4c(c1)OCO4)C(=O)OCCOCc1ccccc1)[C@H]32. The van der Waals surface area contributed by atoms with Crippen molar-refractivity contribution in [3.05, 3.63) is 150 Å². The maximum Gasteiger partial charge on any atom is 0.410 e. The predicted molar refractivity (Wildman–Crippen MR) is 279 cm³/mol. The summed E-state index contributed by atoms with van der Waals surface area (Å²) in [7, 11) is 0. The Kier molecular flexibility index (Phi) is 16.8. The Morgan fingerprint density at radius 1 is 0.811 bits per heavy atom. The maximum atomic E-state index is 15.2. The fraction of sp³-hybridized carbons (Fsp3) is 0.433. The Hall–Kier alpha value is -6.42. The molecule has 5 aromatic rings. The van der Waals surface area contributed by atoms with E-state index in [1.807, 2.05) is 84.9 Å². The number of ether oxygens (including phenoxy) is 8. The van der Waals surface area contributed by atoms with Gasteiger partial charge in [0.15, 0.2) is 11.5 Å². The van der Waals surface area contributed by atoms with Crippen LogP contribution in [0.2, 0.25) is 0 Å². The molecule has 1 saturated heterocycles. The Morgan fingerprint density at radius 2 is 1.59 bits per heavy atom. The van der Waals surface area contributed by atoms with Crippen molar-refractivity contribution in [1.82, 2.24) is 4.90 Å². The van der Waals surface area contributed by atoms with Crippen LogP contribution in [-0.4, -0.2) is 91.5 Å². The first-order chi connectivity index (χ1) is 36.4. The van der Waals surface area contributed by atoms with Crippen LogP contribution in [0.5, 0.6) is 28.7 Å². The van der Waals surface area contributed by atoms with E-state index < -0.39 is 30.1 Å². The van der Waals surface area contributed by atoms with Crippen molar-refractivity contribution in [2.45, 2.75) is 101 Å². The molecule has 3 aliphatic heterocycles. The molecule has 1 unspecified atom stereocenters. The average molecular weight is 1010 g/mol. The number of benzene rings is 5. The highest BCUT2D eigenvalue weighted by Crippen LogP contribution is 2.62. The van der Waals surface area contributed by atoms with Crippen molar-refractivity contribution in [1.29, 1.82) is 0 Å². The van der Waals surface area contributed by atoms with Gasteiger partial charge in [0.2, 0.25) is 18.9 Å². The molecular formula is C60H68N2O12. The van der Waals surface area contributed by atoms with Crippen LogP contribution < -0.4 is 18.9 Å². The Bertz CT molecular complexity index is 2760. The van der Waals surface area contributed by atoms with Crippen LogP contribution in [-0.2, 0) is 36.9 Å². The number of aliphatic hydroxyl groups is 2. The molecular weight excluding hydrogens is 941 g/mol. The normalized spacial score (nSPS) is 24.0. The number of oxime groups is 1. The zero-order chi connectivity index (χ0) is 50.7. The molecule has 2 aliphatic carbocycles. The number of unbranched alkanes of at least 4 members (excludes halogenated alkanes) is 2. The fourth-order valence-electron chi connectivity index (χ4n) is 11.6. The van der Waals surface area contributed by atoms with Gasteiger partial charge < -0.3 is 52.9 Å². The lowest BCUT2D eigenvalue weighted by molar-refractivity contribution is -0.256. The summed E-state index contributed by atoms with van der Waals surface area (Å²) >= 11 is 0. The van der Waals surface area contributed by atoms with Crippen LogP contribution >= 0.6 is 0 Å². The predicted octanol–water partition coefficient (Wildman–Crippen LogP) is 11.4. The molecule has 5 aromatic carbocycles. The maximum absolute atomic E-state index is 15.2. The number of hydrogen-bond acceptors (Lipinski definition) is 13. The minimum atomic E-state index is -1.54. The smallest absolute Gasteiger partial charge is 0.410 e. The number of allylic oxidation sites excluding steroid dienone is 1. The van der Waals surface area contributed by atoms with Crippen molar-refractivity contribution >= 4 is 22.6 Å². The van der Waals surface area contributed by atoms with E-state index in [9.17, 15) is 10.2 Å². The van der Waals surface area contributed by atoms with Gasteiger partial charge in [0.05, 0.1) is 38.1 Å². The molecule has 74 heavy (non-hydrogen) atoms. The molecule has 3 heterocycles. The first-order valence-corrected chi connectivity index (χ1v) is 26.4. The van der Waals surface area contributed by atoms with Gasteiger partial charge in [0, 0.05) is 44.1 Å². The van der Waals surface area contributed by atoms with E-state index in [2.05, 4.69) is 36.9 Å². The van der Waals surface area contributed by atoms with E-state index >= 15 is 4.79 Å². The third-order valence-corrected chi connectivity index (χ3v) is 15.0. The molecule has 0 spiro atoms. The largest absolute Gasteiger partial charge is 0.459 e. The van der Waals surface area contributed by atoms with Gasteiger partial charge >= 0.3 is 6.09 Å². The molecule has 0 bridgehead atoms. The molecule has 1 amide bonds. The molecule has 5 aliphatic rings. The lowest BCUT2D eigenvalue weighted by Crippen LogP contribution is -2.70. The standard InChI is InChI=1S/C60H68N2O12/c1-2-29-71-60-55(62(38-42-21-25-53-54(33-42)70-40-69-53)59(65)68-32-31-66-39-41-14-4-3-5-15-41)37-51(61-74-56-20-10-13-30-67-56)49-35-45(18-8-11-27-63)48(19-9-12-28-64)57(58(49)60)50-36-47(24-26-52(50)73-60)72-46-23-22-43-16-6-7-17-44(43)34-46/h2-7,14-17,21-26,33-36,45,48,55-58,63-64H,1,8-13,18-20,27-32,37-40H2/t45-,48+,55-,56?,57+,58+,60+/m0/s1. The topological polar surface area (TPSA) is 156 Å². The summed E-state index contributed by atoms with van der Waals surface area (Å²) in [6.07, 6.45) is 10.1. The van der Waals surface area contributed by atoms with E-state index in [-0.39, 0.29) is 70.5 Å². The lowest BCUT2D eigenvalue weighted by atomic mass is 9.55. The summed E-state index contributed by atoms with van der Waals surface area (Å²) in [5.74, 6) is 0.794. The Balaban J connectivity index is 1.11. The van der Waals surface area contributed by atoms with Crippen molar-refractivity contribution in [3.8, 4) is 28.7 Å². The van der Waals surface area contributed by atoms with Gasteiger partial charge in [-0.2, -0.15) is 0 Å². The van der Waals surface area contributed by atoms with Gasteiger partial charge in [-0.15, -0.1) is 6.58 Å². The third kappa shape index (κ3) is 11.4. The zero-order valence-electron chi connectivity index (χ0n) is 42.0. The van der Waals surface area contributed by atoms with Crippen molar-refractivity contribution in [3.63, 3.8) is 0 Å². The number of nitrogens with zero attached hydrogens (tertiary/aromatic N) is 2. The second-order valence-corrected chi connectivity index (χ2v) is 19.8. The van der Waals surface area contributed by atoms with Crippen LogP contribution in [0, 0.1) is 17.8 Å². The van der Waals surface area contributed by atoms with Crippen LogP contribution in [0.15, 0.2) is 139 Å². The summed E-state index contributed by atoms with van der Waals surface area (Å²) in [5.41, 5.74) is 4.29. The lowest BCUT2D eigenvalue weighted by Gasteiger charge is -2.59.